The Morgan fingerprint density at radius 3 is 2.57 bits per heavy atom. The molecule has 0 aliphatic rings. The maximum atomic E-state index is 13.8. The minimum Gasteiger partial charge on any atom is -0.356 e. The van der Waals surface area contributed by atoms with Crippen LogP contribution in [0.2, 0.25) is 0 Å². The van der Waals surface area contributed by atoms with Crippen molar-refractivity contribution in [2.75, 3.05) is 19.6 Å². The quantitative estimate of drug-likeness (QED) is 0.400. The van der Waals surface area contributed by atoms with Gasteiger partial charge in [0.05, 0.1) is 0 Å². The van der Waals surface area contributed by atoms with Gasteiger partial charge in [-0.25, -0.2) is 4.39 Å². The second kappa shape index (κ2) is 11.7. The van der Waals surface area contributed by atoms with Gasteiger partial charge in [-0.1, -0.05) is 55.5 Å². The highest BCUT2D eigenvalue weighted by atomic mass is 19.1. The minimum absolute atomic E-state index is 0.182. The van der Waals surface area contributed by atoms with E-state index in [1.807, 2.05) is 28.8 Å². The van der Waals surface area contributed by atoms with Crippen molar-refractivity contribution in [2.45, 2.75) is 32.7 Å². The zero-order valence-electron chi connectivity index (χ0n) is 17.4. The number of aromatic nitrogens is 3. The molecular formula is C23H29FN6. The van der Waals surface area contributed by atoms with Crippen molar-refractivity contribution in [3.8, 4) is 0 Å². The van der Waals surface area contributed by atoms with Crippen molar-refractivity contribution >= 4 is 5.96 Å². The van der Waals surface area contributed by atoms with Crippen LogP contribution in [0, 0.1) is 5.82 Å². The zero-order chi connectivity index (χ0) is 21.0. The highest BCUT2D eigenvalue weighted by Gasteiger charge is 2.04. The number of hydrogen-bond donors (Lipinski definition) is 2. The summed E-state index contributed by atoms with van der Waals surface area (Å²) < 4.78 is 15.9. The predicted octanol–water partition coefficient (Wildman–Crippen LogP) is 3.00. The van der Waals surface area contributed by atoms with Crippen molar-refractivity contribution < 1.29 is 4.39 Å². The smallest absolute Gasteiger partial charge is 0.191 e. The normalized spacial score (nSPS) is 11.5. The Bertz CT molecular complexity index is 922. The van der Waals surface area contributed by atoms with E-state index in [9.17, 15) is 4.39 Å². The van der Waals surface area contributed by atoms with Gasteiger partial charge in [0.2, 0.25) is 0 Å². The highest BCUT2D eigenvalue weighted by Crippen LogP contribution is 2.07. The molecule has 1 heterocycles. The summed E-state index contributed by atoms with van der Waals surface area (Å²) in [7, 11) is 0. The Labute approximate surface area is 177 Å². The summed E-state index contributed by atoms with van der Waals surface area (Å²) in [6, 6.07) is 17.2. The van der Waals surface area contributed by atoms with Crippen molar-refractivity contribution in [3.05, 3.63) is 83.7 Å². The molecule has 7 heteroatoms. The highest BCUT2D eigenvalue weighted by molar-refractivity contribution is 5.79. The molecule has 0 spiro atoms. The monoisotopic (exact) mass is 408 g/mol. The maximum absolute atomic E-state index is 13.8. The first kappa shape index (κ1) is 21.5. The Morgan fingerprint density at radius 1 is 1.00 bits per heavy atom. The lowest BCUT2D eigenvalue weighted by Crippen LogP contribution is -2.40. The lowest BCUT2D eigenvalue weighted by Gasteiger charge is -2.14. The summed E-state index contributed by atoms with van der Waals surface area (Å²) in [5.41, 5.74) is 1.95. The first-order valence-corrected chi connectivity index (χ1v) is 10.4. The van der Waals surface area contributed by atoms with Crippen LogP contribution in [-0.4, -0.2) is 40.4 Å². The van der Waals surface area contributed by atoms with E-state index in [0.29, 0.717) is 25.1 Å². The number of nitrogens with one attached hydrogen (secondary N) is 2. The van der Waals surface area contributed by atoms with E-state index in [0.717, 1.165) is 37.7 Å². The van der Waals surface area contributed by atoms with E-state index in [-0.39, 0.29) is 5.82 Å². The average molecular weight is 409 g/mol. The number of aryl methyl sites for hydroxylation is 1. The topological polar surface area (TPSA) is 67.1 Å². The van der Waals surface area contributed by atoms with E-state index in [2.05, 4.69) is 44.9 Å². The van der Waals surface area contributed by atoms with E-state index < -0.39 is 0 Å². The molecule has 0 fully saturated rings. The van der Waals surface area contributed by atoms with Crippen LogP contribution in [-0.2, 0) is 25.8 Å². The fraction of sp³-hybridized carbons (Fsp3) is 0.348. The van der Waals surface area contributed by atoms with Crippen LogP contribution in [0.5, 0.6) is 0 Å². The van der Waals surface area contributed by atoms with Gasteiger partial charge in [-0.05, 0) is 30.0 Å². The molecule has 0 atom stereocenters. The fourth-order valence-electron chi connectivity index (χ4n) is 3.17. The van der Waals surface area contributed by atoms with E-state index >= 15 is 0 Å². The third-order valence-electron chi connectivity index (χ3n) is 4.81. The molecular weight excluding hydrogens is 379 g/mol. The third kappa shape index (κ3) is 6.69. The van der Waals surface area contributed by atoms with Gasteiger partial charge in [0.1, 0.15) is 18.0 Å². The Kier molecular flexibility index (Phi) is 8.38. The predicted molar refractivity (Wildman–Crippen MR) is 118 cm³/mol. The summed E-state index contributed by atoms with van der Waals surface area (Å²) in [6.07, 6.45) is 4.06. The largest absolute Gasteiger partial charge is 0.356 e. The number of rotatable bonds is 10. The summed E-state index contributed by atoms with van der Waals surface area (Å²) in [6.45, 7) is 4.79. The molecule has 0 saturated carbocycles. The van der Waals surface area contributed by atoms with E-state index in [4.69, 9.17) is 0 Å². The number of guanidine groups is 1. The Hall–Kier alpha value is -3.22. The molecule has 0 saturated heterocycles. The molecule has 158 valence electrons. The molecule has 0 bridgehead atoms. The molecule has 0 radical (unpaired) electrons. The van der Waals surface area contributed by atoms with E-state index in [1.54, 1.807) is 18.5 Å². The minimum atomic E-state index is -0.182. The number of aliphatic imine (C=N–C) groups is 1. The van der Waals surface area contributed by atoms with Gasteiger partial charge in [-0.2, -0.15) is 0 Å². The molecule has 3 rings (SSSR count). The number of benzene rings is 2. The zero-order valence-corrected chi connectivity index (χ0v) is 17.4. The number of nitrogens with zero attached hydrogens (tertiary/aromatic N) is 4. The van der Waals surface area contributed by atoms with Gasteiger partial charge in [0.15, 0.2) is 5.96 Å². The SMILES string of the molecule is CCc1nncn1CCNC(=NCCc1ccccc1F)NCCc1ccccc1. The molecule has 0 amide bonds. The van der Waals surface area contributed by atoms with Gasteiger partial charge in [0.25, 0.3) is 0 Å². The van der Waals surface area contributed by atoms with Gasteiger partial charge in [-0.15, -0.1) is 10.2 Å². The van der Waals surface area contributed by atoms with Crippen LogP contribution in [0.25, 0.3) is 0 Å². The lowest BCUT2D eigenvalue weighted by molar-refractivity contribution is 0.608. The average Bonchev–Trinajstić information content (AvgIpc) is 3.23. The van der Waals surface area contributed by atoms with Crippen molar-refractivity contribution in [1.82, 2.24) is 25.4 Å². The maximum Gasteiger partial charge on any atom is 0.191 e. The van der Waals surface area contributed by atoms with E-state index in [1.165, 1.54) is 11.6 Å². The molecule has 0 aliphatic carbocycles. The van der Waals surface area contributed by atoms with Gasteiger partial charge < -0.3 is 15.2 Å². The molecule has 2 aromatic carbocycles. The van der Waals surface area contributed by atoms with Crippen molar-refractivity contribution in [1.29, 1.82) is 0 Å². The number of halogens is 1. The standard InChI is InChI=1S/C23H29FN6/c1-2-22-29-28-18-30(22)17-16-27-23(25-14-12-19-8-4-3-5-9-19)26-15-13-20-10-6-7-11-21(20)24/h3-11,18H,2,12-17H2,1H3,(H2,25,26,27). The molecule has 0 unspecified atom stereocenters. The molecule has 1 aromatic heterocycles. The summed E-state index contributed by atoms with van der Waals surface area (Å²) in [5, 5.41) is 14.8. The number of hydrogen-bond acceptors (Lipinski definition) is 3. The summed E-state index contributed by atoms with van der Waals surface area (Å²) in [4.78, 5) is 4.64. The second-order valence-corrected chi connectivity index (χ2v) is 6.96. The van der Waals surface area contributed by atoms with Crippen LogP contribution < -0.4 is 10.6 Å². The van der Waals surface area contributed by atoms with Crippen LogP contribution in [0.15, 0.2) is 65.9 Å². The van der Waals surface area contributed by atoms with Crippen LogP contribution in [0.4, 0.5) is 4.39 Å². The van der Waals surface area contributed by atoms with Crippen LogP contribution >= 0.6 is 0 Å². The second-order valence-electron chi connectivity index (χ2n) is 6.96. The van der Waals surface area contributed by atoms with Crippen molar-refractivity contribution in [3.63, 3.8) is 0 Å². The first-order valence-electron chi connectivity index (χ1n) is 10.4. The molecule has 0 aliphatic heterocycles. The molecule has 30 heavy (non-hydrogen) atoms. The molecule has 6 nitrogen and oxygen atoms in total. The van der Waals surface area contributed by atoms with Crippen LogP contribution in [0.1, 0.15) is 23.9 Å². The van der Waals surface area contributed by atoms with Gasteiger partial charge >= 0.3 is 0 Å². The summed E-state index contributed by atoms with van der Waals surface area (Å²) in [5.74, 6) is 1.51. The fourth-order valence-corrected chi connectivity index (χ4v) is 3.17. The lowest BCUT2D eigenvalue weighted by atomic mass is 10.1. The third-order valence-corrected chi connectivity index (χ3v) is 4.81. The Morgan fingerprint density at radius 2 is 1.77 bits per heavy atom. The van der Waals surface area contributed by atoms with Crippen LogP contribution in [0.3, 0.4) is 0 Å². The molecule has 3 aromatic rings. The molecule has 2 N–H and O–H groups in total. The first-order chi connectivity index (χ1) is 14.8. The van der Waals surface area contributed by atoms with Gasteiger partial charge in [-0.3, -0.25) is 4.99 Å². The van der Waals surface area contributed by atoms with Gasteiger partial charge in [0, 0.05) is 32.6 Å². The van der Waals surface area contributed by atoms with Crippen molar-refractivity contribution in [2.24, 2.45) is 4.99 Å². The summed E-state index contributed by atoms with van der Waals surface area (Å²) >= 11 is 0. The Balaban J connectivity index is 1.54.